The molecule has 0 spiro atoms. The predicted octanol–water partition coefficient (Wildman–Crippen LogP) is 4.06. The SMILES string of the molecule is Cc1nc(Nc2ccccc2)cc(C(=O)Nc2ccc(F)c(F)c2)n1. The summed E-state index contributed by atoms with van der Waals surface area (Å²) < 4.78 is 26.2. The largest absolute Gasteiger partial charge is 0.340 e. The molecule has 1 heterocycles. The standard InChI is InChI=1S/C18H14F2N4O/c1-11-21-16(10-17(22-11)23-12-5-3-2-4-6-12)18(25)24-13-7-8-14(19)15(20)9-13/h2-10H,1H3,(H,24,25)(H,21,22,23). The van der Waals surface area contributed by atoms with Gasteiger partial charge in [-0.05, 0) is 31.2 Å². The van der Waals surface area contributed by atoms with E-state index >= 15 is 0 Å². The molecule has 7 heteroatoms. The minimum atomic E-state index is -1.04. The van der Waals surface area contributed by atoms with Crippen LogP contribution < -0.4 is 10.6 Å². The summed E-state index contributed by atoms with van der Waals surface area (Å²) >= 11 is 0. The molecule has 3 rings (SSSR count). The van der Waals surface area contributed by atoms with Gasteiger partial charge in [0.05, 0.1) is 0 Å². The molecule has 25 heavy (non-hydrogen) atoms. The molecule has 5 nitrogen and oxygen atoms in total. The van der Waals surface area contributed by atoms with E-state index in [-0.39, 0.29) is 11.4 Å². The second kappa shape index (κ2) is 7.04. The Morgan fingerprint density at radius 2 is 1.68 bits per heavy atom. The maximum atomic E-state index is 13.2. The van der Waals surface area contributed by atoms with Gasteiger partial charge in [0.15, 0.2) is 11.6 Å². The summed E-state index contributed by atoms with van der Waals surface area (Å²) in [7, 11) is 0. The Hall–Kier alpha value is -3.35. The third kappa shape index (κ3) is 4.14. The number of carbonyl (C=O) groups is 1. The van der Waals surface area contributed by atoms with E-state index in [0.717, 1.165) is 17.8 Å². The molecule has 3 aromatic rings. The molecule has 1 aromatic heterocycles. The molecule has 0 aliphatic carbocycles. The molecule has 0 bridgehead atoms. The molecule has 2 N–H and O–H groups in total. The van der Waals surface area contributed by atoms with Crippen LogP contribution in [0.4, 0.5) is 26.0 Å². The average molecular weight is 340 g/mol. The second-order valence-electron chi connectivity index (χ2n) is 5.26. The van der Waals surface area contributed by atoms with Gasteiger partial charge in [0.25, 0.3) is 5.91 Å². The Morgan fingerprint density at radius 3 is 2.40 bits per heavy atom. The molecular weight excluding hydrogens is 326 g/mol. The molecule has 1 amide bonds. The van der Waals surface area contributed by atoms with Gasteiger partial charge in [-0.1, -0.05) is 18.2 Å². The summed E-state index contributed by atoms with van der Waals surface area (Å²) in [6, 6.07) is 13.9. The highest BCUT2D eigenvalue weighted by Gasteiger charge is 2.12. The molecule has 0 aliphatic rings. The topological polar surface area (TPSA) is 66.9 Å². The summed E-state index contributed by atoms with van der Waals surface area (Å²) in [6.07, 6.45) is 0. The molecule has 0 fully saturated rings. The Labute approximate surface area is 142 Å². The number of hydrogen-bond acceptors (Lipinski definition) is 4. The molecule has 2 aromatic carbocycles. The lowest BCUT2D eigenvalue weighted by molar-refractivity contribution is 0.102. The van der Waals surface area contributed by atoms with Gasteiger partial charge in [0.1, 0.15) is 17.3 Å². The summed E-state index contributed by atoms with van der Waals surface area (Å²) in [5.41, 5.74) is 1.06. The lowest BCUT2D eigenvalue weighted by Crippen LogP contribution is -2.15. The van der Waals surface area contributed by atoms with Crippen molar-refractivity contribution in [2.45, 2.75) is 6.92 Å². The number of para-hydroxylation sites is 1. The Morgan fingerprint density at radius 1 is 0.920 bits per heavy atom. The number of hydrogen-bond donors (Lipinski definition) is 2. The lowest BCUT2D eigenvalue weighted by atomic mass is 10.2. The zero-order valence-electron chi connectivity index (χ0n) is 13.3. The first-order valence-corrected chi connectivity index (χ1v) is 7.45. The molecule has 0 saturated heterocycles. The van der Waals surface area contributed by atoms with E-state index in [1.54, 1.807) is 6.92 Å². The van der Waals surface area contributed by atoms with E-state index < -0.39 is 17.5 Å². The summed E-state index contributed by atoms with van der Waals surface area (Å²) in [4.78, 5) is 20.6. The fraction of sp³-hybridized carbons (Fsp3) is 0.0556. The second-order valence-corrected chi connectivity index (χ2v) is 5.26. The molecular formula is C18H14F2N4O. The third-order valence-electron chi connectivity index (χ3n) is 3.29. The van der Waals surface area contributed by atoms with E-state index in [4.69, 9.17) is 0 Å². The van der Waals surface area contributed by atoms with Crippen molar-refractivity contribution in [1.82, 2.24) is 9.97 Å². The quantitative estimate of drug-likeness (QED) is 0.752. The van der Waals surface area contributed by atoms with Crippen molar-refractivity contribution in [3.05, 3.63) is 77.8 Å². The van der Waals surface area contributed by atoms with Crippen molar-refractivity contribution in [3.63, 3.8) is 0 Å². The fourth-order valence-corrected chi connectivity index (χ4v) is 2.19. The summed E-state index contributed by atoms with van der Waals surface area (Å²) in [5, 5.41) is 5.56. The highest BCUT2D eigenvalue weighted by molar-refractivity contribution is 6.03. The minimum Gasteiger partial charge on any atom is -0.340 e. The van der Waals surface area contributed by atoms with Crippen LogP contribution >= 0.6 is 0 Å². The van der Waals surface area contributed by atoms with Crippen LogP contribution in [0, 0.1) is 18.6 Å². The van der Waals surface area contributed by atoms with E-state index in [9.17, 15) is 13.6 Å². The van der Waals surface area contributed by atoms with Gasteiger partial charge in [-0.2, -0.15) is 0 Å². The van der Waals surface area contributed by atoms with E-state index in [0.29, 0.717) is 11.6 Å². The highest BCUT2D eigenvalue weighted by atomic mass is 19.2. The van der Waals surface area contributed by atoms with Crippen LogP contribution in [0.3, 0.4) is 0 Å². The van der Waals surface area contributed by atoms with Crippen molar-refractivity contribution in [2.75, 3.05) is 10.6 Å². The smallest absolute Gasteiger partial charge is 0.274 e. The maximum Gasteiger partial charge on any atom is 0.274 e. The van der Waals surface area contributed by atoms with Gasteiger partial charge in [-0.15, -0.1) is 0 Å². The van der Waals surface area contributed by atoms with Crippen LogP contribution in [0.25, 0.3) is 0 Å². The number of benzene rings is 2. The van der Waals surface area contributed by atoms with Crippen molar-refractivity contribution in [1.29, 1.82) is 0 Å². The summed E-state index contributed by atoms with van der Waals surface area (Å²) in [5.74, 6) is -1.72. The van der Waals surface area contributed by atoms with Crippen molar-refractivity contribution < 1.29 is 13.6 Å². The van der Waals surface area contributed by atoms with Gasteiger partial charge < -0.3 is 10.6 Å². The molecule has 0 atom stereocenters. The number of halogens is 2. The number of rotatable bonds is 4. The first-order valence-electron chi connectivity index (χ1n) is 7.45. The van der Waals surface area contributed by atoms with E-state index in [1.165, 1.54) is 12.1 Å². The average Bonchev–Trinajstić information content (AvgIpc) is 2.58. The van der Waals surface area contributed by atoms with Crippen molar-refractivity contribution >= 4 is 23.1 Å². The van der Waals surface area contributed by atoms with Crippen LogP contribution in [-0.2, 0) is 0 Å². The van der Waals surface area contributed by atoms with E-state index in [1.807, 2.05) is 30.3 Å². The predicted molar refractivity (Wildman–Crippen MR) is 90.8 cm³/mol. The fourth-order valence-electron chi connectivity index (χ4n) is 2.19. The summed E-state index contributed by atoms with van der Waals surface area (Å²) in [6.45, 7) is 1.66. The van der Waals surface area contributed by atoms with Gasteiger partial charge >= 0.3 is 0 Å². The van der Waals surface area contributed by atoms with Gasteiger partial charge in [-0.3, -0.25) is 4.79 Å². The van der Waals surface area contributed by atoms with Crippen LogP contribution in [0.15, 0.2) is 54.6 Å². The number of aryl methyl sites for hydroxylation is 1. The molecule has 0 aliphatic heterocycles. The molecule has 126 valence electrons. The number of nitrogens with one attached hydrogen (secondary N) is 2. The third-order valence-corrected chi connectivity index (χ3v) is 3.29. The van der Waals surface area contributed by atoms with Crippen LogP contribution in [0.2, 0.25) is 0 Å². The first kappa shape index (κ1) is 16.5. The Bertz CT molecular complexity index is 916. The number of nitrogens with zero attached hydrogens (tertiary/aromatic N) is 2. The van der Waals surface area contributed by atoms with Gasteiger partial charge in [-0.25, -0.2) is 18.7 Å². The van der Waals surface area contributed by atoms with E-state index in [2.05, 4.69) is 20.6 Å². The van der Waals surface area contributed by atoms with Crippen molar-refractivity contribution in [2.24, 2.45) is 0 Å². The van der Waals surface area contributed by atoms with Crippen LogP contribution in [0.5, 0.6) is 0 Å². The van der Waals surface area contributed by atoms with Gasteiger partial charge in [0.2, 0.25) is 0 Å². The maximum absolute atomic E-state index is 13.2. The molecule has 0 radical (unpaired) electrons. The van der Waals surface area contributed by atoms with Gasteiger partial charge in [0, 0.05) is 23.5 Å². The highest BCUT2D eigenvalue weighted by Crippen LogP contribution is 2.17. The van der Waals surface area contributed by atoms with Crippen LogP contribution in [0.1, 0.15) is 16.3 Å². The number of aromatic nitrogens is 2. The minimum absolute atomic E-state index is 0.107. The van der Waals surface area contributed by atoms with Crippen LogP contribution in [-0.4, -0.2) is 15.9 Å². The Kier molecular flexibility index (Phi) is 4.65. The zero-order valence-corrected chi connectivity index (χ0v) is 13.3. The number of anilines is 3. The monoisotopic (exact) mass is 340 g/mol. The van der Waals surface area contributed by atoms with Crippen molar-refractivity contribution in [3.8, 4) is 0 Å². The number of amides is 1. The molecule has 0 unspecified atom stereocenters. The Balaban J connectivity index is 1.81. The normalized spacial score (nSPS) is 10.4. The first-order chi connectivity index (χ1) is 12.0. The zero-order chi connectivity index (χ0) is 17.8. The lowest BCUT2D eigenvalue weighted by Gasteiger charge is -2.09. The number of carbonyl (C=O) groups excluding carboxylic acids is 1. The molecule has 0 saturated carbocycles.